The topological polar surface area (TPSA) is 103 Å². The number of hydrogen-bond acceptors (Lipinski definition) is 5. The van der Waals surface area contributed by atoms with Crippen molar-refractivity contribution in [1.29, 1.82) is 0 Å². The van der Waals surface area contributed by atoms with E-state index in [4.69, 9.17) is 10.5 Å². The summed E-state index contributed by atoms with van der Waals surface area (Å²) in [6, 6.07) is 8.52. The van der Waals surface area contributed by atoms with Crippen molar-refractivity contribution in [2.24, 2.45) is 5.73 Å². The minimum Gasteiger partial charge on any atom is -0.494 e. The number of rotatable bonds is 5. The summed E-state index contributed by atoms with van der Waals surface area (Å²) >= 11 is 0. The van der Waals surface area contributed by atoms with Gasteiger partial charge < -0.3 is 15.4 Å². The van der Waals surface area contributed by atoms with Crippen molar-refractivity contribution in [2.45, 2.75) is 19.3 Å². The quantitative estimate of drug-likeness (QED) is 0.815. The van der Waals surface area contributed by atoms with E-state index in [-0.39, 0.29) is 22.6 Å². The summed E-state index contributed by atoms with van der Waals surface area (Å²) in [6.45, 7) is 1.13. The summed E-state index contributed by atoms with van der Waals surface area (Å²) in [6.07, 6.45) is 4.04. The molecule has 1 aromatic carbocycles. The van der Waals surface area contributed by atoms with Crippen molar-refractivity contribution < 1.29 is 19.1 Å². The number of pyridine rings is 1. The van der Waals surface area contributed by atoms with E-state index in [0.717, 1.165) is 19.3 Å². The Kier molecular flexibility index (Phi) is 5.49. The number of benzene rings is 1. The summed E-state index contributed by atoms with van der Waals surface area (Å²) in [7, 11) is 1.39. The van der Waals surface area contributed by atoms with Gasteiger partial charge >= 0.3 is 0 Å². The van der Waals surface area contributed by atoms with Crippen LogP contribution in [0.2, 0.25) is 0 Å². The molecule has 0 radical (unpaired) electrons. The standard InChI is InChI=1S/C20H21N3O4/c1-27-14-12-22-17(19(21)25)16(20(26)23-10-6-3-7-11-23)15(14)18(24)13-8-4-2-5-9-13/h2,4-5,8-9,12H,3,6-7,10-11H2,1H3,(H2,21,25). The Morgan fingerprint density at radius 3 is 2.30 bits per heavy atom. The van der Waals surface area contributed by atoms with Crippen molar-refractivity contribution in [3.8, 4) is 5.75 Å². The molecule has 0 aliphatic carbocycles. The lowest BCUT2D eigenvalue weighted by atomic mass is 9.95. The Morgan fingerprint density at radius 1 is 1.04 bits per heavy atom. The summed E-state index contributed by atoms with van der Waals surface area (Å²) in [5.41, 5.74) is 5.55. The fourth-order valence-corrected chi connectivity index (χ4v) is 3.26. The molecule has 1 fully saturated rings. The molecule has 27 heavy (non-hydrogen) atoms. The van der Waals surface area contributed by atoms with E-state index in [2.05, 4.69) is 4.98 Å². The number of ketones is 1. The second-order valence-electron chi connectivity index (χ2n) is 6.34. The molecule has 0 saturated carbocycles. The van der Waals surface area contributed by atoms with Gasteiger partial charge in [-0.05, 0) is 19.3 Å². The number of aromatic nitrogens is 1. The van der Waals surface area contributed by atoms with Crippen molar-refractivity contribution in [3.63, 3.8) is 0 Å². The zero-order valence-corrected chi connectivity index (χ0v) is 15.1. The maximum absolute atomic E-state index is 13.2. The van der Waals surface area contributed by atoms with E-state index in [1.807, 2.05) is 0 Å². The highest BCUT2D eigenvalue weighted by Gasteiger charge is 2.32. The molecule has 2 aromatic rings. The lowest BCUT2D eigenvalue weighted by Gasteiger charge is -2.28. The van der Waals surface area contributed by atoms with Gasteiger partial charge in [0.05, 0.1) is 24.4 Å². The number of likely N-dealkylation sites (tertiary alicyclic amines) is 1. The van der Waals surface area contributed by atoms with Crippen LogP contribution in [0.5, 0.6) is 5.75 Å². The fourth-order valence-electron chi connectivity index (χ4n) is 3.26. The van der Waals surface area contributed by atoms with Gasteiger partial charge in [-0.15, -0.1) is 0 Å². The van der Waals surface area contributed by atoms with Gasteiger partial charge in [-0.1, -0.05) is 30.3 Å². The first kappa shape index (κ1) is 18.6. The fraction of sp³-hybridized carbons (Fsp3) is 0.300. The Labute approximate surface area is 157 Å². The Bertz CT molecular complexity index is 874. The van der Waals surface area contributed by atoms with Crippen LogP contribution in [0.1, 0.15) is 56.0 Å². The second kappa shape index (κ2) is 7.99. The molecule has 2 N–H and O–H groups in total. The third-order valence-corrected chi connectivity index (χ3v) is 4.62. The zero-order valence-electron chi connectivity index (χ0n) is 15.1. The maximum atomic E-state index is 13.2. The highest BCUT2D eigenvalue weighted by molar-refractivity contribution is 6.19. The molecule has 3 rings (SSSR count). The first-order chi connectivity index (χ1) is 13.0. The molecule has 2 amide bonds. The van der Waals surface area contributed by atoms with Crippen LogP contribution in [0.15, 0.2) is 36.5 Å². The SMILES string of the molecule is COc1cnc(C(N)=O)c(C(=O)N2CCCCC2)c1C(=O)c1ccccc1. The molecule has 7 heteroatoms. The summed E-state index contributed by atoms with van der Waals surface area (Å²) in [4.78, 5) is 44.0. The zero-order chi connectivity index (χ0) is 19.4. The first-order valence-electron chi connectivity index (χ1n) is 8.80. The Morgan fingerprint density at radius 2 is 1.70 bits per heavy atom. The average Bonchev–Trinajstić information content (AvgIpc) is 2.72. The third kappa shape index (κ3) is 3.67. The third-order valence-electron chi connectivity index (χ3n) is 4.62. The molecule has 1 aromatic heterocycles. The molecule has 0 spiro atoms. The van der Waals surface area contributed by atoms with Crippen LogP contribution in [-0.4, -0.2) is 47.7 Å². The van der Waals surface area contributed by atoms with Crippen LogP contribution in [0, 0.1) is 0 Å². The second-order valence-corrected chi connectivity index (χ2v) is 6.34. The molecule has 1 saturated heterocycles. The van der Waals surface area contributed by atoms with E-state index in [0.29, 0.717) is 18.7 Å². The molecule has 0 unspecified atom stereocenters. The van der Waals surface area contributed by atoms with Gasteiger partial charge in [-0.2, -0.15) is 0 Å². The highest BCUT2D eigenvalue weighted by atomic mass is 16.5. The minimum absolute atomic E-state index is 0.0167. The number of primary amides is 1. The highest BCUT2D eigenvalue weighted by Crippen LogP contribution is 2.28. The van der Waals surface area contributed by atoms with Gasteiger partial charge in [0.25, 0.3) is 11.8 Å². The molecular weight excluding hydrogens is 346 g/mol. The van der Waals surface area contributed by atoms with E-state index in [9.17, 15) is 14.4 Å². The first-order valence-corrected chi connectivity index (χ1v) is 8.80. The van der Waals surface area contributed by atoms with Gasteiger partial charge in [0, 0.05) is 18.7 Å². The smallest absolute Gasteiger partial charge is 0.268 e. The number of methoxy groups -OCH3 is 1. The number of piperidine rings is 1. The van der Waals surface area contributed by atoms with Crippen molar-refractivity contribution >= 4 is 17.6 Å². The normalized spacial score (nSPS) is 13.9. The van der Waals surface area contributed by atoms with Crippen molar-refractivity contribution in [1.82, 2.24) is 9.88 Å². The number of nitrogens with two attached hydrogens (primary N) is 1. The van der Waals surface area contributed by atoms with Crippen LogP contribution >= 0.6 is 0 Å². The van der Waals surface area contributed by atoms with E-state index in [1.54, 1.807) is 35.2 Å². The van der Waals surface area contributed by atoms with Gasteiger partial charge in [-0.3, -0.25) is 14.4 Å². The minimum atomic E-state index is -0.861. The predicted octanol–water partition coefficient (Wildman–Crippen LogP) is 2.05. The number of nitrogens with zero attached hydrogens (tertiary/aromatic N) is 2. The van der Waals surface area contributed by atoms with E-state index >= 15 is 0 Å². The lowest BCUT2D eigenvalue weighted by Crippen LogP contribution is -2.38. The molecular formula is C20H21N3O4. The molecule has 140 valence electrons. The van der Waals surface area contributed by atoms with Gasteiger partial charge in [0.1, 0.15) is 11.4 Å². The van der Waals surface area contributed by atoms with Gasteiger partial charge in [-0.25, -0.2) is 4.98 Å². The van der Waals surface area contributed by atoms with Crippen LogP contribution < -0.4 is 10.5 Å². The molecule has 1 aliphatic heterocycles. The number of hydrogen-bond donors (Lipinski definition) is 1. The number of ether oxygens (including phenoxy) is 1. The lowest BCUT2D eigenvalue weighted by molar-refractivity contribution is 0.0714. The predicted molar refractivity (Wildman–Crippen MR) is 98.9 cm³/mol. The molecule has 0 bridgehead atoms. The van der Waals surface area contributed by atoms with Crippen LogP contribution in [0.3, 0.4) is 0 Å². The van der Waals surface area contributed by atoms with Crippen LogP contribution in [0.4, 0.5) is 0 Å². The number of carbonyl (C=O) groups excluding carboxylic acids is 3. The number of amides is 2. The van der Waals surface area contributed by atoms with Crippen LogP contribution in [0.25, 0.3) is 0 Å². The summed E-state index contributed by atoms with van der Waals surface area (Å²) < 4.78 is 5.29. The maximum Gasteiger partial charge on any atom is 0.268 e. The molecule has 1 aliphatic rings. The van der Waals surface area contributed by atoms with E-state index < -0.39 is 17.6 Å². The summed E-state index contributed by atoms with van der Waals surface area (Å²) in [5, 5.41) is 0. The van der Waals surface area contributed by atoms with Crippen molar-refractivity contribution in [2.75, 3.05) is 20.2 Å². The van der Waals surface area contributed by atoms with E-state index in [1.165, 1.54) is 13.3 Å². The molecule has 7 nitrogen and oxygen atoms in total. The number of carbonyl (C=O) groups is 3. The van der Waals surface area contributed by atoms with Gasteiger partial charge in [0.15, 0.2) is 5.78 Å². The molecule has 0 atom stereocenters. The monoisotopic (exact) mass is 367 g/mol. The Balaban J connectivity index is 2.20. The largest absolute Gasteiger partial charge is 0.494 e. The molecule has 2 heterocycles. The van der Waals surface area contributed by atoms with Crippen molar-refractivity contribution in [3.05, 3.63) is 58.9 Å². The summed E-state index contributed by atoms with van der Waals surface area (Å²) in [5.74, 6) is -1.57. The average molecular weight is 367 g/mol. The van der Waals surface area contributed by atoms with Crippen LogP contribution in [-0.2, 0) is 0 Å². The Hall–Kier alpha value is -3.22. The van der Waals surface area contributed by atoms with Gasteiger partial charge in [0.2, 0.25) is 0 Å².